The second kappa shape index (κ2) is 14.2. The molecule has 10 nitrogen and oxygen atoms in total. The zero-order valence-electron chi connectivity index (χ0n) is 25.9. The summed E-state index contributed by atoms with van der Waals surface area (Å²) in [4.78, 5) is 46.8. The molecule has 48 heavy (non-hydrogen) atoms. The van der Waals surface area contributed by atoms with Crippen molar-refractivity contribution in [2.24, 2.45) is 0 Å². The molecule has 1 N–H and O–H groups in total. The molecule has 6 aromatic heterocycles. The molecule has 6 aromatic rings. The minimum absolute atomic E-state index is 0. The SMILES string of the molecule is O=C(O)c1cc2nc(c1)-c1cccc(n1)CN1Cc3cccc(n3)-c3cccc(n3)CN(Cc3cccc(n3)-c3cccc(n3)C1)C2.[Eu+2]. The third-order valence-electron chi connectivity index (χ3n) is 8.26. The van der Waals surface area contributed by atoms with Gasteiger partial charge < -0.3 is 5.11 Å². The van der Waals surface area contributed by atoms with Gasteiger partial charge in [0.2, 0.25) is 0 Å². The molecule has 11 heteroatoms. The summed E-state index contributed by atoms with van der Waals surface area (Å²) in [6.07, 6.45) is 0. The molecule has 235 valence electrons. The monoisotopic (exact) mass is 771 g/mol. The van der Waals surface area contributed by atoms with E-state index < -0.39 is 5.97 Å². The molecule has 0 unspecified atom stereocenters. The van der Waals surface area contributed by atoms with E-state index in [9.17, 15) is 9.90 Å². The van der Waals surface area contributed by atoms with E-state index in [-0.39, 0.29) is 54.9 Å². The molecule has 9 heterocycles. The average Bonchev–Trinajstić information content (AvgIpc) is 3.08. The van der Waals surface area contributed by atoms with Crippen LogP contribution in [-0.4, -0.2) is 50.8 Å². The van der Waals surface area contributed by atoms with E-state index in [1.165, 1.54) is 0 Å². The van der Waals surface area contributed by atoms with E-state index in [2.05, 4.69) is 9.80 Å². The summed E-state index contributed by atoms with van der Waals surface area (Å²) < 4.78 is 0. The van der Waals surface area contributed by atoms with Crippen LogP contribution in [0.5, 0.6) is 0 Å². The summed E-state index contributed by atoms with van der Waals surface area (Å²) >= 11 is 0. The standard InChI is InChI=1S/C37H30N8O2.Eu/c46-37(47)24-16-30-23-45-21-27-8-3-13-33(40-27)31-11-1-6-25(38-31)18-44(20-29-10-5-15-35(42-29)36(17-24)43-30)19-26-7-2-12-32(39-26)34-14-4-9-28(22-45)41-34;/h1-17H,18-23H2,(H,46,47);/q;+2. The van der Waals surface area contributed by atoms with E-state index in [0.29, 0.717) is 56.4 Å². The Hall–Kier alpha value is -4.13. The Morgan fingerprint density at radius 3 is 1.06 bits per heavy atom. The van der Waals surface area contributed by atoms with E-state index in [1.807, 2.05) is 91.0 Å². The number of nitrogens with zero attached hydrogens (tertiary/aromatic N) is 8. The Morgan fingerprint density at radius 1 is 0.438 bits per heavy atom. The van der Waals surface area contributed by atoms with Crippen LogP contribution in [0.1, 0.15) is 44.5 Å². The fraction of sp³-hybridized carbons (Fsp3) is 0.162. The van der Waals surface area contributed by atoms with Crippen molar-refractivity contribution in [3.63, 3.8) is 0 Å². The number of carboxylic acids is 1. The number of rotatable bonds is 1. The van der Waals surface area contributed by atoms with Gasteiger partial charge in [-0.3, -0.25) is 9.80 Å². The molecule has 3 aliphatic heterocycles. The fourth-order valence-corrected chi connectivity index (χ4v) is 6.18. The Morgan fingerprint density at radius 2 is 0.729 bits per heavy atom. The molecule has 0 aromatic carbocycles. The van der Waals surface area contributed by atoms with Gasteiger partial charge in [0.15, 0.2) is 0 Å². The van der Waals surface area contributed by atoms with Crippen LogP contribution in [0.2, 0.25) is 0 Å². The molecular weight excluding hydrogens is 740 g/mol. The molecule has 0 aliphatic carbocycles. The van der Waals surface area contributed by atoms with Crippen LogP contribution < -0.4 is 0 Å². The van der Waals surface area contributed by atoms with Crippen molar-refractivity contribution in [2.75, 3.05) is 0 Å². The molecule has 0 spiro atoms. The zero-order chi connectivity index (χ0) is 31.7. The van der Waals surface area contributed by atoms with Crippen molar-refractivity contribution in [3.8, 4) is 34.2 Å². The molecule has 1 radical (unpaired) electrons. The molecule has 0 atom stereocenters. The van der Waals surface area contributed by atoms with Crippen LogP contribution in [0.25, 0.3) is 34.2 Å². The largest absolute Gasteiger partial charge is 2.00 e. The maximum absolute atomic E-state index is 12.3. The predicted octanol–water partition coefficient (Wildman–Crippen LogP) is 5.79. The van der Waals surface area contributed by atoms with Gasteiger partial charge in [-0.2, -0.15) is 0 Å². The van der Waals surface area contributed by atoms with Gasteiger partial charge in [-0.25, -0.2) is 34.7 Å². The minimum Gasteiger partial charge on any atom is -0.478 e. The Bertz CT molecular complexity index is 2050. The van der Waals surface area contributed by atoms with Gasteiger partial charge in [-0.05, 0) is 72.8 Å². The molecule has 0 amide bonds. The van der Waals surface area contributed by atoms with Gasteiger partial charge in [-0.15, -0.1) is 0 Å². The number of aromatic carboxylic acids is 1. The molecular formula is C37H30EuN8O2+2. The summed E-state index contributed by atoms with van der Waals surface area (Å²) in [7, 11) is 0. The number of hydrogen-bond donors (Lipinski definition) is 1. The van der Waals surface area contributed by atoms with Crippen molar-refractivity contribution in [1.29, 1.82) is 0 Å². The van der Waals surface area contributed by atoms with Gasteiger partial charge in [0.05, 0.1) is 73.9 Å². The van der Waals surface area contributed by atoms with Crippen LogP contribution in [0.15, 0.2) is 103 Å². The first-order chi connectivity index (χ1) is 23.0. The maximum Gasteiger partial charge on any atom is 2.00 e. The number of aromatic nitrogens is 6. The van der Waals surface area contributed by atoms with E-state index in [4.69, 9.17) is 29.9 Å². The summed E-state index contributed by atoms with van der Waals surface area (Å²) in [5, 5.41) is 10.1. The van der Waals surface area contributed by atoms with Crippen molar-refractivity contribution in [2.45, 2.75) is 39.3 Å². The topological polar surface area (TPSA) is 121 Å². The Labute approximate surface area is 318 Å². The number of carbonyl (C=O) groups is 1. The number of hydrogen-bond acceptors (Lipinski definition) is 9. The molecule has 9 rings (SSSR count). The van der Waals surface area contributed by atoms with Crippen LogP contribution in [0.3, 0.4) is 0 Å². The second-order valence-corrected chi connectivity index (χ2v) is 11.9. The van der Waals surface area contributed by atoms with Gasteiger partial charge in [0.1, 0.15) is 0 Å². The predicted molar refractivity (Wildman–Crippen MR) is 175 cm³/mol. The van der Waals surface area contributed by atoms with E-state index in [0.717, 1.165) is 51.2 Å². The molecule has 0 saturated carbocycles. The van der Waals surface area contributed by atoms with E-state index in [1.54, 1.807) is 12.1 Å². The van der Waals surface area contributed by atoms with Crippen molar-refractivity contribution >= 4 is 5.97 Å². The third kappa shape index (κ3) is 7.30. The summed E-state index contributed by atoms with van der Waals surface area (Å²) in [6.45, 7) is 2.91. The second-order valence-electron chi connectivity index (χ2n) is 11.9. The van der Waals surface area contributed by atoms with E-state index >= 15 is 0 Å². The van der Waals surface area contributed by atoms with Crippen LogP contribution in [0.4, 0.5) is 0 Å². The van der Waals surface area contributed by atoms with Crippen LogP contribution in [-0.2, 0) is 39.3 Å². The van der Waals surface area contributed by atoms with Crippen LogP contribution in [0, 0.1) is 49.4 Å². The van der Waals surface area contributed by atoms with Gasteiger partial charge in [-0.1, -0.05) is 30.3 Å². The molecule has 14 bridgehead atoms. The van der Waals surface area contributed by atoms with Crippen LogP contribution >= 0.6 is 0 Å². The molecule has 0 saturated heterocycles. The number of pyridine rings is 6. The Kier molecular flexibility index (Phi) is 9.56. The minimum atomic E-state index is -1.01. The van der Waals surface area contributed by atoms with Crippen molar-refractivity contribution in [3.05, 3.63) is 143 Å². The van der Waals surface area contributed by atoms with Gasteiger partial charge >= 0.3 is 55.3 Å². The fourth-order valence-electron chi connectivity index (χ4n) is 6.18. The molecule has 3 aliphatic rings. The summed E-state index contributed by atoms with van der Waals surface area (Å²) in [5.74, 6) is -1.01. The Balaban J connectivity index is 0.00000364. The normalized spacial score (nSPS) is 16.7. The first-order valence-electron chi connectivity index (χ1n) is 15.5. The van der Waals surface area contributed by atoms with Gasteiger partial charge in [0, 0.05) is 39.3 Å². The zero-order valence-corrected chi connectivity index (χ0v) is 28.3. The maximum atomic E-state index is 12.3. The van der Waals surface area contributed by atoms with Gasteiger partial charge in [0.25, 0.3) is 0 Å². The summed E-state index contributed by atoms with van der Waals surface area (Å²) in [5.41, 5.74) is 9.42. The van der Waals surface area contributed by atoms with Crippen molar-refractivity contribution < 1.29 is 59.3 Å². The average molecular weight is 771 g/mol. The molecule has 0 fully saturated rings. The summed E-state index contributed by atoms with van der Waals surface area (Å²) in [6, 6.07) is 33.1. The number of carboxylic acid groups (broad SMARTS) is 1. The first kappa shape index (κ1) is 32.4. The van der Waals surface area contributed by atoms with Crippen molar-refractivity contribution in [1.82, 2.24) is 39.7 Å². The third-order valence-corrected chi connectivity index (χ3v) is 8.26. The smallest absolute Gasteiger partial charge is 0.478 e. The first-order valence-corrected chi connectivity index (χ1v) is 15.5. The quantitative estimate of drug-likeness (QED) is 0.220.